The molecule has 3 amide bonds. The van der Waals surface area contributed by atoms with Gasteiger partial charge in [0.2, 0.25) is 0 Å². The summed E-state index contributed by atoms with van der Waals surface area (Å²) in [6.07, 6.45) is 0.490. The SMILES string of the molecule is CC(C)CC1(C)C(=O)N(Cl)C(=O)N1Cl. The zero-order valence-corrected chi connectivity index (χ0v) is 9.76. The lowest BCUT2D eigenvalue weighted by Gasteiger charge is -2.27. The van der Waals surface area contributed by atoms with E-state index in [-0.39, 0.29) is 5.92 Å². The molecule has 0 radical (unpaired) electrons. The van der Waals surface area contributed by atoms with Gasteiger partial charge in [-0.3, -0.25) is 4.79 Å². The van der Waals surface area contributed by atoms with Crippen molar-refractivity contribution in [2.75, 3.05) is 0 Å². The molecular weight excluding hydrogens is 227 g/mol. The predicted molar refractivity (Wildman–Crippen MR) is 53.6 cm³/mol. The van der Waals surface area contributed by atoms with E-state index in [2.05, 4.69) is 0 Å². The fraction of sp³-hybridized carbons (Fsp3) is 0.750. The van der Waals surface area contributed by atoms with Crippen LogP contribution in [0.25, 0.3) is 0 Å². The van der Waals surface area contributed by atoms with Gasteiger partial charge in [0.15, 0.2) is 0 Å². The fourth-order valence-electron chi connectivity index (χ4n) is 1.63. The zero-order valence-electron chi connectivity index (χ0n) is 8.25. The Labute approximate surface area is 93.0 Å². The van der Waals surface area contributed by atoms with E-state index in [1.54, 1.807) is 6.92 Å². The van der Waals surface area contributed by atoms with Crippen LogP contribution in [0.1, 0.15) is 27.2 Å². The minimum Gasteiger partial charge on any atom is -0.270 e. The molecule has 1 unspecified atom stereocenters. The van der Waals surface area contributed by atoms with E-state index in [1.165, 1.54) is 0 Å². The highest BCUT2D eigenvalue weighted by atomic mass is 35.5. The van der Waals surface area contributed by atoms with Crippen molar-refractivity contribution in [1.82, 2.24) is 8.84 Å². The molecule has 1 fully saturated rings. The average Bonchev–Trinajstić information content (AvgIpc) is 2.21. The summed E-state index contributed by atoms with van der Waals surface area (Å²) < 4.78 is 1.41. The summed E-state index contributed by atoms with van der Waals surface area (Å²) >= 11 is 11.2. The maximum atomic E-state index is 11.6. The van der Waals surface area contributed by atoms with E-state index < -0.39 is 17.5 Å². The Kier molecular flexibility index (Phi) is 2.97. The first kappa shape index (κ1) is 11.6. The van der Waals surface area contributed by atoms with Crippen LogP contribution < -0.4 is 0 Å². The third-order valence-electron chi connectivity index (χ3n) is 2.21. The molecule has 1 saturated heterocycles. The van der Waals surface area contributed by atoms with Gasteiger partial charge in [0, 0.05) is 23.6 Å². The molecular formula is C8H12Cl2N2O2. The Morgan fingerprint density at radius 2 is 1.86 bits per heavy atom. The summed E-state index contributed by atoms with van der Waals surface area (Å²) in [5.41, 5.74) is -1.02. The quantitative estimate of drug-likeness (QED) is 0.548. The van der Waals surface area contributed by atoms with Crippen molar-refractivity contribution in [2.24, 2.45) is 5.92 Å². The highest BCUT2D eigenvalue weighted by Crippen LogP contribution is 2.35. The second-order valence-electron chi connectivity index (χ2n) is 4.02. The normalized spacial score (nSPS) is 28.1. The van der Waals surface area contributed by atoms with E-state index in [0.717, 1.165) is 4.42 Å². The minimum atomic E-state index is -1.02. The zero-order chi connectivity index (χ0) is 11.1. The van der Waals surface area contributed by atoms with E-state index >= 15 is 0 Å². The number of amides is 3. The van der Waals surface area contributed by atoms with Crippen molar-refractivity contribution >= 4 is 35.5 Å². The molecule has 0 spiro atoms. The molecule has 0 bridgehead atoms. The summed E-state index contributed by atoms with van der Waals surface area (Å²) in [6.45, 7) is 5.51. The Bertz CT molecular complexity index is 283. The van der Waals surface area contributed by atoms with Crippen LogP contribution in [-0.2, 0) is 4.79 Å². The summed E-state index contributed by atoms with van der Waals surface area (Å²) in [4.78, 5) is 22.9. The number of hydrogen-bond acceptors (Lipinski definition) is 2. The first-order valence-electron chi connectivity index (χ1n) is 4.31. The largest absolute Gasteiger partial charge is 0.357 e. The van der Waals surface area contributed by atoms with E-state index in [1.807, 2.05) is 13.8 Å². The number of carbonyl (C=O) groups is 2. The molecule has 14 heavy (non-hydrogen) atoms. The van der Waals surface area contributed by atoms with Gasteiger partial charge in [-0.1, -0.05) is 13.8 Å². The van der Waals surface area contributed by atoms with Gasteiger partial charge in [-0.25, -0.2) is 9.21 Å². The molecule has 0 aromatic heterocycles. The Hall–Kier alpha value is -0.480. The topological polar surface area (TPSA) is 40.6 Å². The van der Waals surface area contributed by atoms with Gasteiger partial charge in [0.1, 0.15) is 5.54 Å². The minimum absolute atomic E-state index is 0.251. The van der Waals surface area contributed by atoms with Crippen LogP contribution in [0.15, 0.2) is 0 Å². The Balaban J connectivity index is 2.98. The molecule has 1 rings (SSSR count). The van der Waals surface area contributed by atoms with Crippen molar-refractivity contribution in [1.29, 1.82) is 0 Å². The van der Waals surface area contributed by atoms with Gasteiger partial charge < -0.3 is 0 Å². The van der Waals surface area contributed by atoms with Crippen LogP contribution in [0.4, 0.5) is 4.79 Å². The maximum absolute atomic E-state index is 11.6. The standard InChI is InChI=1S/C8H12Cl2N2O2/c1-5(2)4-8(3)6(13)11(9)7(14)12(8)10/h5H,4H2,1-3H3. The number of hydrogen-bond donors (Lipinski definition) is 0. The molecule has 0 N–H and O–H groups in total. The molecule has 1 aliphatic heterocycles. The predicted octanol–water partition coefficient (Wildman–Crippen LogP) is 2.36. The van der Waals surface area contributed by atoms with Gasteiger partial charge in [-0.15, -0.1) is 0 Å². The number of rotatable bonds is 2. The number of carbonyl (C=O) groups excluding carboxylic acids is 2. The number of nitrogens with zero attached hydrogens (tertiary/aromatic N) is 2. The lowest BCUT2D eigenvalue weighted by molar-refractivity contribution is -0.129. The summed E-state index contributed by atoms with van der Waals surface area (Å²) in [6, 6.07) is -0.679. The molecule has 4 nitrogen and oxygen atoms in total. The second-order valence-corrected chi connectivity index (χ2v) is 4.70. The van der Waals surface area contributed by atoms with Gasteiger partial charge in [-0.2, -0.15) is 4.42 Å². The number of halogens is 2. The average molecular weight is 239 g/mol. The van der Waals surface area contributed by atoms with Crippen LogP contribution >= 0.6 is 23.6 Å². The molecule has 0 saturated carbocycles. The fourth-order valence-corrected chi connectivity index (χ4v) is 2.15. The molecule has 6 heteroatoms. The van der Waals surface area contributed by atoms with E-state index in [9.17, 15) is 9.59 Å². The third-order valence-corrected chi connectivity index (χ3v) is 3.03. The van der Waals surface area contributed by atoms with Crippen molar-refractivity contribution in [2.45, 2.75) is 32.7 Å². The van der Waals surface area contributed by atoms with Gasteiger partial charge >= 0.3 is 6.03 Å². The molecule has 1 atom stereocenters. The lowest BCUT2D eigenvalue weighted by atomic mass is 9.91. The van der Waals surface area contributed by atoms with Crippen molar-refractivity contribution in [3.05, 3.63) is 0 Å². The van der Waals surface area contributed by atoms with Gasteiger partial charge in [0.25, 0.3) is 5.91 Å². The highest BCUT2D eigenvalue weighted by molar-refractivity contribution is 6.39. The molecule has 80 valence electrons. The second kappa shape index (κ2) is 3.59. The van der Waals surface area contributed by atoms with Crippen LogP contribution in [0.5, 0.6) is 0 Å². The molecule has 1 heterocycles. The first-order chi connectivity index (χ1) is 6.30. The molecule has 0 aromatic carbocycles. The smallest absolute Gasteiger partial charge is 0.270 e. The van der Waals surface area contributed by atoms with Crippen LogP contribution in [-0.4, -0.2) is 26.3 Å². The molecule has 1 aliphatic rings. The van der Waals surface area contributed by atoms with E-state index in [4.69, 9.17) is 23.6 Å². The molecule has 0 aliphatic carbocycles. The highest BCUT2D eigenvalue weighted by Gasteiger charge is 2.54. The number of urea groups is 1. The maximum Gasteiger partial charge on any atom is 0.357 e. The van der Waals surface area contributed by atoms with Crippen molar-refractivity contribution in [3.63, 3.8) is 0 Å². The van der Waals surface area contributed by atoms with Crippen LogP contribution in [0, 0.1) is 5.92 Å². The summed E-state index contributed by atoms with van der Waals surface area (Å²) in [5, 5.41) is 0. The third kappa shape index (κ3) is 1.57. The van der Waals surface area contributed by atoms with Crippen LogP contribution in [0.3, 0.4) is 0 Å². The van der Waals surface area contributed by atoms with E-state index in [0.29, 0.717) is 10.8 Å². The molecule has 0 aromatic rings. The first-order valence-corrected chi connectivity index (χ1v) is 4.98. The Morgan fingerprint density at radius 3 is 2.14 bits per heavy atom. The Morgan fingerprint density at radius 1 is 1.36 bits per heavy atom. The van der Waals surface area contributed by atoms with Crippen LogP contribution in [0.2, 0.25) is 0 Å². The number of imide groups is 1. The van der Waals surface area contributed by atoms with Gasteiger partial charge in [0.05, 0.1) is 0 Å². The summed E-state index contributed by atoms with van der Waals surface area (Å²) in [7, 11) is 0. The summed E-state index contributed by atoms with van der Waals surface area (Å²) in [5.74, 6) is -0.214. The van der Waals surface area contributed by atoms with Crippen molar-refractivity contribution < 1.29 is 9.59 Å². The monoisotopic (exact) mass is 238 g/mol. The lowest BCUT2D eigenvalue weighted by Crippen LogP contribution is -2.43. The van der Waals surface area contributed by atoms with Crippen molar-refractivity contribution in [3.8, 4) is 0 Å². The van der Waals surface area contributed by atoms with Gasteiger partial charge in [-0.05, 0) is 19.3 Å².